The minimum absolute atomic E-state index is 0.0105. The molecule has 0 heterocycles. The number of hydrogen-bond donors (Lipinski definition) is 2. The molecule has 1 rings (SSSR count). The average Bonchev–Trinajstić information content (AvgIpc) is 2.81. The van der Waals surface area contributed by atoms with Gasteiger partial charge < -0.3 is 20.1 Å². The highest BCUT2D eigenvalue weighted by molar-refractivity contribution is 5.93. The second-order valence-corrected chi connectivity index (χ2v) is 9.88. The van der Waals surface area contributed by atoms with Crippen molar-refractivity contribution in [3.63, 3.8) is 0 Å². The van der Waals surface area contributed by atoms with Crippen molar-refractivity contribution in [3.8, 4) is 12.5 Å². The second-order valence-electron chi connectivity index (χ2n) is 9.88. The van der Waals surface area contributed by atoms with Crippen LogP contribution >= 0.6 is 0 Å². The molecule has 0 saturated heterocycles. The number of alkyl carbamates (subject to hydrolysis) is 1. The van der Waals surface area contributed by atoms with E-state index in [1.807, 2.05) is 26.8 Å². The quantitative estimate of drug-likeness (QED) is 0.263. The summed E-state index contributed by atoms with van der Waals surface area (Å²) in [6.45, 7) is 14.5. The van der Waals surface area contributed by atoms with Crippen LogP contribution in [-0.4, -0.2) is 53.6 Å². The Morgan fingerprint density at radius 3 is 2.32 bits per heavy atom. The number of benzene rings is 1. The largest absolute Gasteiger partial charge is 0.466 e. The third-order valence-electron chi connectivity index (χ3n) is 5.91. The molecule has 0 aliphatic rings. The number of ether oxygens (including phenoxy) is 2. The Balaban J connectivity index is 3.40. The number of terminal acetylenes is 1. The molecule has 1 aromatic rings. The maximum Gasteiger partial charge on any atom is 0.408 e. The number of carbonyl (C=O) groups is 4. The van der Waals surface area contributed by atoms with E-state index in [0.717, 1.165) is 16.0 Å². The van der Waals surface area contributed by atoms with Gasteiger partial charge in [0.05, 0.1) is 13.0 Å². The summed E-state index contributed by atoms with van der Waals surface area (Å²) in [6, 6.07) is 5.55. The Labute approximate surface area is 220 Å². The molecular formula is C28H41N3O6. The first-order valence-electron chi connectivity index (χ1n) is 12.6. The zero-order chi connectivity index (χ0) is 28.3. The van der Waals surface area contributed by atoms with Crippen LogP contribution in [0.4, 0.5) is 4.79 Å². The monoisotopic (exact) mass is 515 g/mol. The number of nitrogens with one attached hydrogen (secondary N) is 2. The molecule has 3 atom stereocenters. The first-order chi connectivity index (χ1) is 17.3. The van der Waals surface area contributed by atoms with Crippen LogP contribution in [-0.2, 0) is 23.9 Å². The van der Waals surface area contributed by atoms with E-state index in [4.69, 9.17) is 15.9 Å². The first kappa shape index (κ1) is 31.5. The number of rotatable bonds is 11. The van der Waals surface area contributed by atoms with Gasteiger partial charge in [0.15, 0.2) is 0 Å². The summed E-state index contributed by atoms with van der Waals surface area (Å²) < 4.78 is 10.3. The summed E-state index contributed by atoms with van der Waals surface area (Å²) in [5.74, 6) is -1.92. The maximum atomic E-state index is 13.8. The van der Waals surface area contributed by atoms with E-state index in [1.165, 1.54) is 0 Å². The summed E-state index contributed by atoms with van der Waals surface area (Å²) in [5.41, 5.74) is 1.48. The molecule has 0 spiro atoms. The molecule has 3 amide bonds. The molecule has 0 radical (unpaired) electrons. The van der Waals surface area contributed by atoms with Crippen LogP contribution in [0.2, 0.25) is 0 Å². The van der Waals surface area contributed by atoms with E-state index in [1.54, 1.807) is 46.8 Å². The lowest BCUT2D eigenvalue weighted by atomic mass is 9.93. The van der Waals surface area contributed by atoms with Gasteiger partial charge in [0.1, 0.15) is 17.7 Å². The molecule has 0 bridgehead atoms. The Morgan fingerprint density at radius 2 is 1.78 bits per heavy atom. The van der Waals surface area contributed by atoms with Gasteiger partial charge in [0.2, 0.25) is 5.91 Å². The number of esters is 1. The summed E-state index contributed by atoms with van der Waals surface area (Å²) in [5, 5.41) is 5.34. The van der Waals surface area contributed by atoms with Gasteiger partial charge in [-0.25, -0.2) is 4.79 Å². The molecule has 9 nitrogen and oxygen atoms in total. The van der Waals surface area contributed by atoms with Crippen molar-refractivity contribution in [2.45, 2.75) is 85.9 Å². The van der Waals surface area contributed by atoms with Crippen molar-refractivity contribution in [2.24, 2.45) is 5.92 Å². The van der Waals surface area contributed by atoms with Gasteiger partial charge in [-0.3, -0.25) is 19.3 Å². The third kappa shape index (κ3) is 9.45. The molecule has 204 valence electrons. The predicted octanol–water partition coefficient (Wildman–Crippen LogP) is 3.77. The fourth-order valence-electron chi connectivity index (χ4n) is 3.62. The zero-order valence-electron chi connectivity index (χ0n) is 23.3. The number of carbonyl (C=O) groups excluding carboxylic acids is 4. The number of hydrogen-bond acceptors (Lipinski definition) is 6. The van der Waals surface area contributed by atoms with Crippen molar-refractivity contribution >= 4 is 23.9 Å². The molecule has 0 aromatic heterocycles. The lowest BCUT2D eigenvalue weighted by molar-refractivity contribution is -0.143. The van der Waals surface area contributed by atoms with Crippen molar-refractivity contribution in [1.29, 1.82) is 0 Å². The topological polar surface area (TPSA) is 114 Å². The standard InChI is InChI=1S/C28H41N3O6/c1-10-18(4)23(30-27(35)37-28(7,8)9)26(34)31(11-2)24(21-15-13-14-19(5)20(21)6)25(33)29-17-16-22(32)36-12-3/h2,13-15,18,23-24H,10,12,16-17H2,1,3-9H3,(H,29,33)(H,30,35). The van der Waals surface area contributed by atoms with Gasteiger partial charge in [-0.1, -0.05) is 44.9 Å². The Bertz CT molecular complexity index is 1010. The molecule has 0 saturated carbocycles. The van der Waals surface area contributed by atoms with Crippen LogP contribution in [0.15, 0.2) is 18.2 Å². The molecule has 9 heteroatoms. The van der Waals surface area contributed by atoms with Crippen molar-refractivity contribution in [3.05, 3.63) is 34.9 Å². The van der Waals surface area contributed by atoms with Crippen LogP contribution in [0.1, 0.15) is 77.1 Å². The van der Waals surface area contributed by atoms with E-state index in [-0.39, 0.29) is 25.5 Å². The van der Waals surface area contributed by atoms with Crippen LogP contribution < -0.4 is 10.6 Å². The van der Waals surface area contributed by atoms with Crippen LogP contribution in [0.5, 0.6) is 0 Å². The third-order valence-corrected chi connectivity index (χ3v) is 5.91. The van der Waals surface area contributed by atoms with Gasteiger partial charge in [-0.15, -0.1) is 0 Å². The Kier molecular flexibility index (Phi) is 12.1. The van der Waals surface area contributed by atoms with Gasteiger partial charge in [0, 0.05) is 12.6 Å². The Morgan fingerprint density at radius 1 is 1.14 bits per heavy atom. The van der Waals surface area contributed by atoms with E-state index in [0.29, 0.717) is 12.0 Å². The van der Waals surface area contributed by atoms with Crippen LogP contribution in [0.25, 0.3) is 0 Å². The zero-order valence-corrected chi connectivity index (χ0v) is 23.3. The highest BCUT2D eigenvalue weighted by Crippen LogP contribution is 2.28. The minimum Gasteiger partial charge on any atom is -0.466 e. The van der Waals surface area contributed by atoms with Gasteiger partial charge in [0.25, 0.3) is 5.91 Å². The number of nitrogens with zero attached hydrogens (tertiary/aromatic N) is 1. The smallest absolute Gasteiger partial charge is 0.408 e. The fraction of sp³-hybridized carbons (Fsp3) is 0.571. The first-order valence-corrected chi connectivity index (χ1v) is 12.6. The van der Waals surface area contributed by atoms with Gasteiger partial charge in [-0.05, 0) is 64.2 Å². The highest BCUT2D eigenvalue weighted by Gasteiger charge is 2.38. The van der Waals surface area contributed by atoms with E-state index in [9.17, 15) is 19.2 Å². The molecule has 1 aromatic carbocycles. The molecule has 3 unspecified atom stereocenters. The highest BCUT2D eigenvalue weighted by atomic mass is 16.6. The SMILES string of the molecule is C#CN(C(=O)C(NC(=O)OC(C)(C)C)C(C)CC)C(C(=O)NCCC(=O)OCC)c1cccc(C)c1C. The molecular weight excluding hydrogens is 474 g/mol. The number of aryl methyl sites for hydroxylation is 1. The lowest BCUT2D eigenvalue weighted by Crippen LogP contribution is -2.54. The number of amides is 3. The second kappa shape index (κ2) is 14.3. The summed E-state index contributed by atoms with van der Waals surface area (Å²) in [7, 11) is 0. The van der Waals surface area contributed by atoms with Crippen LogP contribution in [0.3, 0.4) is 0 Å². The molecule has 0 aliphatic carbocycles. The Hall–Kier alpha value is -3.54. The lowest BCUT2D eigenvalue weighted by Gasteiger charge is -2.33. The van der Waals surface area contributed by atoms with E-state index >= 15 is 0 Å². The molecule has 0 aliphatic heterocycles. The molecule has 0 fully saturated rings. The average molecular weight is 516 g/mol. The van der Waals surface area contributed by atoms with Crippen LogP contribution in [0, 0.1) is 32.2 Å². The summed E-state index contributed by atoms with van der Waals surface area (Å²) in [4.78, 5) is 52.6. The van der Waals surface area contributed by atoms with E-state index < -0.39 is 41.6 Å². The maximum absolute atomic E-state index is 13.8. The normalized spacial score (nSPS) is 13.4. The van der Waals surface area contributed by atoms with Gasteiger partial charge in [-0.2, -0.15) is 0 Å². The minimum atomic E-state index is -1.19. The molecule has 37 heavy (non-hydrogen) atoms. The van der Waals surface area contributed by atoms with Crippen molar-refractivity contribution < 1.29 is 28.7 Å². The van der Waals surface area contributed by atoms with Crippen molar-refractivity contribution in [1.82, 2.24) is 15.5 Å². The van der Waals surface area contributed by atoms with Gasteiger partial charge >= 0.3 is 12.1 Å². The predicted molar refractivity (Wildman–Crippen MR) is 141 cm³/mol. The molecule has 2 N–H and O–H groups in total. The van der Waals surface area contributed by atoms with E-state index in [2.05, 4.69) is 16.7 Å². The van der Waals surface area contributed by atoms with Crippen molar-refractivity contribution in [2.75, 3.05) is 13.2 Å². The summed E-state index contributed by atoms with van der Waals surface area (Å²) in [6.07, 6.45) is 5.60. The summed E-state index contributed by atoms with van der Waals surface area (Å²) >= 11 is 0. The fourth-order valence-corrected chi connectivity index (χ4v) is 3.62.